The molecule has 2 aromatic carbocycles. The van der Waals surface area contributed by atoms with Gasteiger partial charge in [0, 0.05) is 11.8 Å². The van der Waals surface area contributed by atoms with Crippen molar-refractivity contribution in [1.82, 2.24) is 0 Å². The lowest BCUT2D eigenvalue weighted by Gasteiger charge is -2.17. The number of aromatic hydroxyl groups is 1. The number of benzene rings is 2. The van der Waals surface area contributed by atoms with Crippen molar-refractivity contribution in [2.75, 3.05) is 12.4 Å². The quantitative estimate of drug-likeness (QED) is 0.402. The number of rotatable bonds is 9. The fraction of sp³-hybridized carbons (Fsp3) is 0.217. The Balaban J connectivity index is 1.79. The molecule has 1 heterocycles. The predicted molar refractivity (Wildman–Crippen MR) is 114 cm³/mol. The summed E-state index contributed by atoms with van der Waals surface area (Å²) in [5.74, 6) is -0.103. The second kappa shape index (κ2) is 10.5. The van der Waals surface area contributed by atoms with Crippen molar-refractivity contribution in [3.05, 3.63) is 88.5 Å². The topological polar surface area (TPSA) is 86.0 Å². The maximum absolute atomic E-state index is 12.5. The van der Waals surface area contributed by atoms with E-state index in [1.807, 2.05) is 30.3 Å². The second-order valence-electron chi connectivity index (χ2n) is 6.30. The third-order valence-electron chi connectivity index (χ3n) is 4.14. The number of aryl methyl sites for hydroxylation is 1. The fourth-order valence-electron chi connectivity index (χ4n) is 2.74. The number of esters is 1. The number of hydrogen-bond donors (Lipinski definition) is 1. The van der Waals surface area contributed by atoms with Crippen molar-refractivity contribution in [2.45, 2.75) is 24.3 Å². The smallest absolute Gasteiger partial charge is 0.355 e. The highest BCUT2D eigenvalue weighted by Gasteiger charge is 2.29. The van der Waals surface area contributed by atoms with Crippen LogP contribution in [0.2, 0.25) is 0 Å². The molecule has 1 N–H and O–H groups in total. The number of hydrogen-bond acceptors (Lipinski definition) is 7. The van der Waals surface area contributed by atoms with Gasteiger partial charge in [-0.15, -0.1) is 11.8 Å². The molecule has 7 heteroatoms. The Labute approximate surface area is 178 Å². The first-order valence-corrected chi connectivity index (χ1v) is 10.5. The Morgan fingerprint density at radius 2 is 1.77 bits per heavy atom. The van der Waals surface area contributed by atoms with Gasteiger partial charge in [-0.25, -0.2) is 9.59 Å². The van der Waals surface area contributed by atoms with E-state index in [-0.39, 0.29) is 23.0 Å². The second-order valence-corrected chi connectivity index (χ2v) is 7.40. The Kier molecular flexibility index (Phi) is 7.57. The van der Waals surface area contributed by atoms with Crippen LogP contribution in [0.4, 0.5) is 0 Å². The first-order chi connectivity index (χ1) is 14.6. The van der Waals surface area contributed by atoms with Crippen LogP contribution in [-0.4, -0.2) is 23.4 Å². The molecule has 1 atom stereocenters. The molecule has 0 aliphatic carbocycles. The van der Waals surface area contributed by atoms with E-state index in [1.165, 1.54) is 17.8 Å². The molecule has 0 spiro atoms. The summed E-state index contributed by atoms with van der Waals surface area (Å²) in [7, 11) is 0. The van der Waals surface area contributed by atoms with Gasteiger partial charge in [-0.3, -0.25) is 0 Å². The van der Waals surface area contributed by atoms with E-state index in [0.717, 1.165) is 12.0 Å². The monoisotopic (exact) mass is 426 g/mol. The number of thioether (sulfide) groups is 1. The molecule has 0 aliphatic rings. The van der Waals surface area contributed by atoms with Gasteiger partial charge in [0.2, 0.25) is 0 Å². The average molecular weight is 426 g/mol. The Morgan fingerprint density at radius 3 is 2.40 bits per heavy atom. The summed E-state index contributed by atoms with van der Waals surface area (Å²) in [4.78, 5) is 25.0. The third-order valence-corrected chi connectivity index (χ3v) is 5.22. The summed E-state index contributed by atoms with van der Waals surface area (Å²) in [6, 6.07) is 19.7. The summed E-state index contributed by atoms with van der Waals surface area (Å²) in [6.07, 6.45) is -0.580. The van der Waals surface area contributed by atoms with E-state index in [1.54, 1.807) is 37.3 Å². The normalized spacial score (nSPS) is 11.6. The van der Waals surface area contributed by atoms with Crippen molar-refractivity contribution in [3.8, 4) is 11.5 Å². The van der Waals surface area contributed by atoms with Crippen molar-refractivity contribution >= 4 is 17.7 Å². The molecule has 0 saturated heterocycles. The molecule has 0 amide bonds. The first kappa shape index (κ1) is 21.5. The zero-order chi connectivity index (χ0) is 21.3. The van der Waals surface area contributed by atoms with Gasteiger partial charge in [-0.05, 0) is 31.0 Å². The average Bonchev–Trinajstić information content (AvgIpc) is 2.75. The van der Waals surface area contributed by atoms with E-state index < -0.39 is 17.7 Å². The molecule has 0 aliphatic heterocycles. The third kappa shape index (κ3) is 5.67. The van der Waals surface area contributed by atoms with Gasteiger partial charge < -0.3 is 19.0 Å². The molecule has 1 unspecified atom stereocenters. The minimum absolute atomic E-state index is 0.0944. The maximum atomic E-state index is 12.5. The summed E-state index contributed by atoms with van der Waals surface area (Å²) < 4.78 is 16.1. The molecule has 3 aromatic rings. The van der Waals surface area contributed by atoms with Crippen LogP contribution < -0.4 is 10.4 Å². The van der Waals surface area contributed by atoms with Gasteiger partial charge >= 0.3 is 11.6 Å². The summed E-state index contributed by atoms with van der Waals surface area (Å²) in [5, 5.41) is 10.4. The van der Waals surface area contributed by atoms with Gasteiger partial charge in [-0.2, -0.15) is 0 Å². The van der Waals surface area contributed by atoms with Gasteiger partial charge in [0.1, 0.15) is 16.4 Å². The van der Waals surface area contributed by atoms with Crippen LogP contribution in [0.5, 0.6) is 11.5 Å². The largest absolute Gasteiger partial charge is 0.506 e. The van der Waals surface area contributed by atoms with E-state index in [2.05, 4.69) is 0 Å². The van der Waals surface area contributed by atoms with E-state index >= 15 is 0 Å². The summed E-state index contributed by atoms with van der Waals surface area (Å²) >= 11 is 1.20. The standard InChI is InChI=1S/C23H22O6S/c1-2-27-22(25)20(28-17-11-7-4-8-12-17)19-15-18(24)21(23(26)29-19)30-14-13-16-9-5-3-6-10-16/h3-12,15,20,24H,2,13-14H2,1H3. The van der Waals surface area contributed by atoms with Crippen molar-refractivity contribution in [1.29, 1.82) is 0 Å². The molecule has 0 bridgehead atoms. The van der Waals surface area contributed by atoms with Crippen LogP contribution in [0.25, 0.3) is 0 Å². The Bertz CT molecular complexity index is 1020. The first-order valence-electron chi connectivity index (χ1n) is 9.50. The highest BCUT2D eigenvalue weighted by Crippen LogP contribution is 2.30. The molecular formula is C23H22O6S. The van der Waals surface area contributed by atoms with Gasteiger partial charge in [0.25, 0.3) is 6.10 Å². The van der Waals surface area contributed by atoms with Crippen LogP contribution in [-0.2, 0) is 16.0 Å². The Morgan fingerprint density at radius 1 is 1.10 bits per heavy atom. The predicted octanol–water partition coefficient (Wildman–Crippen LogP) is 4.36. The summed E-state index contributed by atoms with van der Waals surface area (Å²) in [5.41, 5.74) is 0.401. The van der Waals surface area contributed by atoms with Crippen LogP contribution >= 0.6 is 11.8 Å². The molecular weight excluding hydrogens is 404 g/mol. The van der Waals surface area contributed by atoms with Crippen LogP contribution in [0, 0.1) is 0 Å². The van der Waals surface area contributed by atoms with Gasteiger partial charge in [0.15, 0.2) is 5.76 Å². The highest BCUT2D eigenvalue weighted by molar-refractivity contribution is 7.99. The van der Waals surface area contributed by atoms with Crippen LogP contribution in [0.3, 0.4) is 0 Å². The zero-order valence-electron chi connectivity index (χ0n) is 16.4. The Hall–Kier alpha value is -3.19. The lowest BCUT2D eigenvalue weighted by molar-refractivity contribution is -0.152. The molecule has 3 rings (SSSR count). The van der Waals surface area contributed by atoms with Crippen molar-refractivity contribution in [2.24, 2.45) is 0 Å². The van der Waals surface area contributed by atoms with Gasteiger partial charge in [0.05, 0.1) is 6.61 Å². The van der Waals surface area contributed by atoms with Crippen LogP contribution in [0.1, 0.15) is 24.4 Å². The SMILES string of the molecule is CCOC(=O)C(Oc1ccccc1)c1cc(O)c(SCCc2ccccc2)c(=O)o1. The fourth-order valence-corrected chi connectivity index (χ4v) is 3.65. The minimum Gasteiger partial charge on any atom is -0.506 e. The van der Waals surface area contributed by atoms with E-state index in [4.69, 9.17) is 13.9 Å². The molecule has 0 fully saturated rings. The van der Waals surface area contributed by atoms with Crippen molar-refractivity contribution in [3.63, 3.8) is 0 Å². The highest BCUT2D eigenvalue weighted by atomic mass is 32.2. The van der Waals surface area contributed by atoms with E-state index in [9.17, 15) is 14.7 Å². The molecule has 1 aromatic heterocycles. The molecule has 156 valence electrons. The van der Waals surface area contributed by atoms with Crippen LogP contribution in [0.15, 0.2) is 80.8 Å². The zero-order valence-corrected chi connectivity index (χ0v) is 17.3. The lowest BCUT2D eigenvalue weighted by Crippen LogP contribution is -2.23. The molecule has 6 nitrogen and oxygen atoms in total. The molecule has 0 saturated carbocycles. The maximum Gasteiger partial charge on any atom is 0.355 e. The number of carbonyl (C=O) groups excluding carboxylic acids is 1. The number of ether oxygens (including phenoxy) is 2. The molecule has 30 heavy (non-hydrogen) atoms. The lowest BCUT2D eigenvalue weighted by atomic mass is 10.2. The molecule has 0 radical (unpaired) electrons. The summed E-state index contributed by atoms with van der Waals surface area (Å²) in [6.45, 7) is 1.80. The van der Waals surface area contributed by atoms with Crippen molar-refractivity contribution < 1.29 is 23.8 Å². The van der Waals surface area contributed by atoms with E-state index in [0.29, 0.717) is 11.5 Å². The minimum atomic E-state index is -1.31. The number of carbonyl (C=O) groups is 1. The number of para-hydroxylation sites is 1. The van der Waals surface area contributed by atoms with Gasteiger partial charge in [-0.1, -0.05) is 48.5 Å².